The van der Waals surface area contributed by atoms with Gasteiger partial charge in [-0.15, -0.1) is 0 Å². The number of hydrogen-bond acceptors (Lipinski definition) is 5. The molecule has 2 aromatic rings. The van der Waals surface area contributed by atoms with Crippen molar-refractivity contribution in [1.29, 1.82) is 5.26 Å². The van der Waals surface area contributed by atoms with E-state index in [9.17, 15) is 20.5 Å². The maximum Gasteiger partial charge on any atom is 0.269 e. The van der Waals surface area contributed by atoms with Gasteiger partial charge in [-0.05, 0) is 41.5 Å². The molecule has 0 bridgehead atoms. The van der Waals surface area contributed by atoms with Crippen molar-refractivity contribution < 1.29 is 14.8 Å². The van der Waals surface area contributed by atoms with Crippen molar-refractivity contribution in [1.82, 2.24) is 0 Å². The molecule has 0 aliphatic carbocycles. The molecule has 2 rings (SSSR count). The number of halogens is 1. The van der Waals surface area contributed by atoms with Crippen LogP contribution in [0.4, 0.5) is 5.69 Å². The average Bonchev–Trinajstić information content (AvgIpc) is 2.55. The van der Waals surface area contributed by atoms with Gasteiger partial charge in [0.1, 0.15) is 0 Å². The van der Waals surface area contributed by atoms with Crippen LogP contribution in [-0.4, -0.2) is 17.1 Å². The van der Waals surface area contributed by atoms with Crippen molar-refractivity contribution in [2.45, 2.75) is 0 Å². The summed E-state index contributed by atoms with van der Waals surface area (Å²) in [6.45, 7) is 0. The Labute approximate surface area is 137 Å². The van der Waals surface area contributed by atoms with Gasteiger partial charge >= 0.3 is 0 Å². The van der Waals surface area contributed by atoms with Crippen LogP contribution < -0.4 is 4.74 Å². The Morgan fingerprint density at radius 1 is 1.39 bits per heavy atom. The monoisotopic (exact) mass is 330 g/mol. The maximum absolute atomic E-state index is 10.7. The lowest BCUT2D eigenvalue weighted by Crippen LogP contribution is -1.89. The van der Waals surface area contributed by atoms with E-state index < -0.39 is 4.92 Å². The number of hydrogen-bond donors (Lipinski definition) is 1. The molecule has 6 nitrogen and oxygen atoms in total. The first kappa shape index (κ1) is 16.3. The molecule has 0 radical (unpaired) electrons. The number of phenols is 1. The Bertz CT molecular complexity index is 823. The summed E-state index contributed by atoms with van der Waals surface area (Å²) in [4.78, 5) is 10.1. The van der Waals surface area contributed by atoms with E-state index in [2.05, 4.69) is 0 Å². The number of nitro benzene ring substituents is 1. The number of allylic oxidation sites excluding steroid dienone is 1. The van der Waals surface area contributed by atoms with Crippen LogP contribution in [-0.2, 0) is 0 Å². The summed E-state index contributed by atoms with van der Waals surface area (Å²) < 4.78 is 5.01. The highest BCUT2D eigenvalue weighted by Gasteiger charge is 2.10. The Morgan fingerprint density at radius 3 is 2.57 bits per heavy atom. The first-order valence-electron chi connectivity index (χ1n) is 6.39. The Hall–Kier alpha value is -3.04. The Morgan fingerprint density at radius 2 is 2.04 bits per heavy atom. The summed E-state index contributed by atoms with van der Waals surface area (Å²) in [6, 6.07) is 10.7. The van der Waals surface area contributed by atoms with Crippen molar-refractivity contribution in [3.05, 3.63) is 62.7 Å². The predicted octanol–water partition coefficient (Wildman–Crippen LogP) is 4.03. The van der Waals surface area contributed by atoms with E-state index in [0.29, 0.717) is 16.7 Å². The molecule has 116 valence electrons. The molecule has 0 amide bonds. The minimum Gasteiger partial charge on any atom is -0.503 e. The van der Waals surface area contributed by atoms with Gasteiger partial charge in [-0.1, -0.05) is 11.6 Å². The van der Waals surface area contributed by atoms with Gasteiger partial charge in [-0.25, -0.2) is 0 Å². The van der Waals surface area contributed by atoms with E-state index in [1.54, 1.807) is 6.08 Å². The summed E-state index contributed by atoms with van der Waals surface area (Å²) >= 11 is 5.91. The lowest BCUT2D eigenvalue weighted by atomic mass is 10.0. The molecule has 0 saturated carbocycles. The van der Waals surface area contributed by atoms with Gasteiger partial charge in [0.15, 0.2) is 11.5 Å². The summed E-state index contributed by atoms with van der Waals surface area (Å²) in [5, 5.41) is 29.8. The third kappa shape index (κ3) is 3.59. The van der Waals surface area contributed by atoms with E-state index in [1.165, 1.54) is 43.5 Å². The van der Waals surface area contributed by atoms with Crippen LogP contribution >= 0.6 is 11.6 Å². The van der Waals surface area contributed by atoms with E-state index in [4.69, 9.17) is 16.3 Å². The minimum absolute atomic E-state index is 0.0552. The minimum atomic E-state index is -0.510. The van der Waals surface area contributed by atoms with Crippen molar-refractivity contribution in [3.63, 3.8) is 0 Å². The number of phenolic OH excluding ortho intramolecular Hbond substituents is 1. The standard InChI is InChI=1S/C16H11ClN2O4/c1-23-15-8-10(7-14(17)16(15)20)6-12(9-18)11-2-4-13(5-3-11)19(21)22/h2-8,20H,1H3/b12-6+. The molecule has 2 aromatic carbocycles. The smallest absolute Gasteiger partial charge is 0.269 e. The number of nitrogens with zero attached hydrogens (tertiary/aromatic N) is 2. The van der Waals surface area contributed by atoms with E-state index >= 15 is 0 Å². The molecule has 0 spiro atoms. The third-order valence-electron chi connectivity index (χ3n) is 3.09. The molecular weight excluding hydrogens is 320 g/mol. The first-order valence-corrected chi connectivity index (χ1v) is 6.77. The number of rotatable bonds is 4. The zero-order valence-electron chi connectivity index (χ0n) is 12.0. The van der Waals surface area contributed by atoms with Crippen LogP contribution in [0.1, 0.15) is 11.1 Å². The normalized spacial score (nSPS) is 10.9. The van der Waals surface area contributed by atoms with Crippen LogP contribution in [0, 0.1) is 21.4 Å². The largest absolute Gasteiger partial charge is 0.503 e. The summed E-state index contributed by atoms with van der Waals surface area (Å²) in [5.74, 6) is 0.00454. The molecule has 0 saturated heterocycles. The van der Waals surface area contributed by atoms with E-state index in [0.717, 1.165) is 0 Å². The predicted molar refractivity (Wildman–Crippen MR) is 86.2 cm³/mol. The van der Waals surface area contributed by atoms with Gasteiger partial charge in [-0.2, -0.15) is 5.26 Å². The molecule has 7 heteroatoms. The van der Waals surface area contributed by atoms with Gasteiger partial charge < -0.3 is 9.84 Å². The van der Waals surface area contributed by atoms with Crippen molar-refractivity contribution in [2.24, 2.45) is 0 Å². The highest BCUT2D eigenvalue weighted by atomic mass is 35.5. The highest BCUT2D eigenvalue weighted by molar-refractivity contribution is 6.32. The number of nitro groups is 1. The van der Waals surface area contributed by atoms with Gasteiger partial charge in [0.25, 0.3) is 5.69 Å². The topological polar surface area (TPSA) is 96.4 Å². The summed E-state index contributed by atoms with van der Waals surface area (Å²) in [5.41, 5.74) is 1.32. The molecule has 0 unspecified atom stereocenters. The molecule has 0 heterocycles. The fourth-order valence-electron chi connectivity index (χ4n) is 1.94. The number of benzene rings is 2. The number of nitriles is 1. The SMILES string of the molecule is COc1cc(/C=C(\C#N)c2ccc([N+](=O)[O-])cc2)cc(Cl)c1O. The second-order valence-corrected chi connectivity index (χ2v) is 4.93. The summed E-state index contributed by atoms with van der Waals surface area (Å²) in [6.07, 6.45) is 1.55. The molecule has 0 aromatic heterocycles. The highest BCUT2D eigenvalue weighted by Crippen LogP contribution is 2.36. The van der Waals surface area contributed by atoms with Crippen LogP contribution in [0.15, 0.2) is 36.4 Å². The zero-order chi connectivity index (χ0) is 17.0. The van der Waals surface area contributed by atoms with E-state index in [-0.39, 0.29) is 22.2 Å². The van der Waals surface area contributed by atoms with Crippen LogP contribution in [0.3, 0.4) is 0 Å². The van der Waals surface area contributed by atoms with Gasteiger partial charge in [0, 0.05) is 12.1 Å². The molecule has 0 aliphatic rings. The number of methoxy groups -OCH3 is 1. The van der Waals surface area contributed by atoms with Crippen LogP contribution in [0.2, 0.25) is 5.02 Å². The molecular formula is C16H11ClN2O4. The lowest BCUT2D eigenvalue weighted by molar-refractivity contribution is -0.384. The molecule has 1 N–H and O–H groups in total. The number of aromatic hydroxyl groups is 1. The Kier molecular flexibility index (Phi) is 4.84. The number of ether oxygens (including phenoxy) is 1. The first-order chi connectivity index (χ1) is 11.0. The second-order valence-electron chi connectivity index (χ2n) is 4.53. The summed E-state index contributed by atoms with van der Waals surface area (Å²) in [7, 11) is 1.39. The molecule has 0 atom stereocenters. The Balaban J connectivity index is 2.45. The fraction of sp³-hybridized carbons (Fsp3) is 0.0625. The number of non-ortho nitro benzene ring substituents is 1. The average molecular weight is 331 g/mol. The molecule has 23 heavy (non-hydrogen) atoms. The van der Waals surface area contributed by atoms with Crippen molar-refractivity contribution in [3.8, 4) is 17.6 Å². The van der Waals surface area contributed by atoms with Gasteiger partial charge in [0.05, 0.1) is 28.7 Å². The zero-order valence-corrected chi connectivity index (χ0v) is 12.7. The fourth-order valence-corrected chi connectivity index (χ4v) is 2.16. The van der Waals surface area contributed by atoms with Gasteiger partial charge in [0.2, 0.25) is 0 Å². The van der Waals surface area contributed by atoms with Crippen LogP contribution in [0.25, 0.3) is 11.6 Å². The van der Waals surface area contributed by atoms with E-state index in [1.807, 2.05) is 6.07 Å². The third-order valence-corrected chi connectivity index (χ3v) is 3.38. The van der Waals surface area contributed by atoms with Gasteiger partial charge in [-0.3, -0.25) is 10.1 Å². The quantitative estimate of drug-likeness (QED) is 0.395. The van der Waals surface area contributed by atoms with Crippen molar-refractivity contribution in [2.75, 3.05) is 7.11 Å². The maximum atomic E-state index is 10.7. The van der Waals surface area contributed by atoms with Crippen molar-refractivity contribution >= 4 is 28.9 Å². The molecule has 0 fully saturated rings. The van der Waals surface area contributed by atoms with Crippen LogP contribution in [0.5, 0.6) is 11.5 Å². The lowest BCUT2D eigenvalue weighted by Gasteiger charge is -2.07. The second kappa shape index (κ2) is 6.81. The molecule has 0 aliphatic heterocycles.